The highest BCUT2D eigenvalue weighted by Crippen LogP contribution is 2.31. The summed E-state index contributed by atoms with van der Waals surface area (Å²) in [6.45, 7) is 2.50. The first-order valence-corrected chi connectivity index (χ1v) is 8.22. The van der Waals surface area contributed by atoms with Gasteiger partial charge < -0.3 is 14.4 Å². The van der Waals surface area contributed by atoms with Crippen LogP contribution in [-0.4, -0.2) is 53.1 Å². The summed E-state index contributed by atoms with van der Waals surface area (Å²) >= 11 is 0. The van der Waals surface area contributed by atoms with E-state index in [1.165, 1.54) is 0 Å². The molecule has 0 saturated carbocycles. The Kier molecular flexibility index (Phi) is 4.00. The van der Waals surface area contributed by atoms with E-state index in [-0.39, 0.29) is 5.91 Å². The first-order chi connectivity index (χ1) is 11.8. The van der Waals surface area contributed by atoms with Gasteiger partial charge in [0.15, 0.2) is 11.5 Å². The Morgan fingerprint density at radius 2 is 1.67 bits per heavy atom. The molecule has 1 aromatic heterocycles. The minimum Gasteiger partial charge on any atom is -0.347 e. The summed E-state index contributed by atoms with van der Waals surface area (Å²) in [7, 11) is 0. The SMILES string of the molecule is O=C(c1ccc(-c2ccccc2)nn1)N1CCC2(CC1)OCCO2. The van der Waals surface area contributed by atoms with Gasteiger partial charge in [-0.2, -0.15) is 0 Å². The predicted octanol–water partition coefficient (Wildman–Crippen LogP) is 2.12. The highest BCUT2D eigenvalue weighted by atomic mass is 16.7. The summed E-state index contributed by atoms with van der Waals surface area (Å²) in [5.74, 6) is -0.561. The van der Waals surface area contributed by atoms with Crippen LogP contribution in [-0.2, 0) is 9.47 Å². The fourth-order valence-corrected chi connectivity index (χ4v) is 3.21. The van der Waals surface area contributed by atoms with Crippen molar-refractivity contribution in [1.82, 2.24) is 15.1 Å². The van der Waals surface area contributed by atoms with Gasteiger partial charge in [0.1, 0.15) is 0 Å². The van der Waals surface area contributed by atoms with Gasteiger partial charge in [-0.1, -0.05) is 30.3 Å². The minimum atomic E-state index is -0.473. The molecule has 1 spiro atoms. The van der Waals surface area contributed by atoms with Crippen LogP contribution in [0.5, 0.6) is 0 Å². The van der Waals surface area contributed by atoms with E-state index in [1.807, 2.05) is 36.4 Å². The van der Waals surface area contributed by atoms with Gasteiger partial charge in [-0.3, -0.25) is 4.79 Å². The van der Waals surface area contributed by atoms with Crippen molar-refractivity contribution < 1.29 is 14.3 Å². The van der Waals surface area contributed by atoms with Gasteiger partial charge in [0, 0.05) is 31.5 Å². The number of hydrogen-bond acceptors (Lipinski definition) is 5. The molecule has 2 aliphatic rings. The number of carbonyl (C=O) groups is 1. The van der Waals surface area contributed by atoms with Crippen LogP contribution in [0.15, 0.2) is 42.5 Å². The zero-order chi connectivity index (χ0) is 16.4. The predicted molar refractivity (Wildman–Crippen MR) is 87.2 cm³/mol. The smallest absolute Gasteiger partial charge is 0.274 e. The first-order valence-electron chi connectivity index (χ1n) is 8.22. The summed E-state index contributed by atoms with van der Waals surface area (Å²) < 4.78 is 11.4. The van der Waals surface area contributed by atoms with Crippen molar-refractivity contribution in [2.45, 2.75) is 18.6 Å². The zero-order valence-corrected chi connectivity index (χ0v) is 13.4. The molecular weight excluding hydrogens is 306 g/mol. The normalized spacial score (nSPS) is 19.6. The highest BCUT2D eigenvalue weighted by Gasteiger charge is 2.41. The van der Waals surface area contributed by atoms with E-state index in [0.717, 1.165) is 11.3 Å². The zero-order valence-electron chi connectivity index (χ0n) is 13.4. The number of hydrogen-bond donors (Lipinski definition) is 0. The van der Waals surface area contributed by atoms with Crippen molar-refractivity contribution in [3.8, 4) is 11.3 Å². The molecule has 0 bridgehead atoms. The van der Waals surface area contributed by atoms with Crippen LogP contribution in [0.1, 0.15) is 23.3 Å². The van der Waals surface area contributed by atoms with E-state index in [0.29, 0.717) is 44.8 Å². The molecule has 2 aromatic rings. The average Bonchev–Trinajstić information content (AvgIpc) is 3.11. The van der Waals surface area contributed by atoms with Crippen LogP contribution in [0.2, 0.25) is 0 Å². The van der Waals surface area contributed by atoms with Crippen molar-refractivity contribution in [3.63, 3.8) is 0 Å². The summed E-state index contributed by atoms with van der Waals surface area (Å²) in [5, 5.41) is 8.30. The lowest BCUT2D eigenvalue weighted by Gasteiger charge is -2.37. The molecule has 6 nitrogen and oxygen atoms in total. The van der Waals surface area contributed by atoms with Crippen LogP contribution in [0.25, 0.3) is 11.3 Å². The van der Waals surface area contributed by atoms with Gasteiger partial charge in [-0.05, 0) is 12.1 Å². The van der Waals surface area contributed by atoms with E-state index in [4.69, 9.17) is 9.47 Å². The molecule has 2 fully saturated rings. The standard InChI is InChI=1S/C18H19N3O3/c22-17(21-10-8-18(9-11-21)23-12-13-24-18)16-7-6-15(19-20-16)14-4-2-1-3-5-14/h1-7H,8-13H2. The topological polar surface area (TPSA) is 64.6 Å². The Balaban J connectivity index is 1.43. The molecule has 1 amide bonds. The maximum Gasteiger partial charge on any atom is 0.274 e. The monoisotopic (exact) mass is 325 g/mol. The Morgan fingerprint density at radius 1 is 0.958 bits per heavy atom. The minimum absolute atomic E-state index is 0.0880. The molecule has 4 rings (SSSR count). The fourth-order valence-electron chi connectivity index (χ4n) is 3.21. The molecular formula is C18H19N3O3. The molecule has 0 atom stereocenters. The number of nitrogens with zero attached hydrogens (tertiary/aromatic N) is 3. The molecule has 2 aliphatic heterocycles. The number of piperidine rings is 1. The van der Waals surface area contributed by atoms with E-state index < -0.39 is 5.79 Å². The quantitative estimate of drug-likeness (QED) is 0.846. The van der Waals surface area contributed by atoms with Gasteiger partial charge in [-0.25, -0.2) is 0 Å². The van der Waals surface area contributed by atoms with E-state index in [9.17, 15) is 4.79 Å². The molecule has 0 radical (unpaired) electrons. The summed E-state index contributed by atoms with van der Waals surface area (Å²) in [5.41, 5.74) is 2.12. The number of rotatable bonds is 2. The van der Waals surface area contributed by atoms with Crippen LogP contribution in [0.3, 0.4) is 0 Å². The lowest BCUT2D eigenvalue weighted by atomic mass is 10.0. The molecule has 1 aromatic carbocycles. The number of amides is 1. The van der Waals surface area contributed by atoms with Crippen LogP contribution in [0.4, 0.5) is 0 Å². The van der Waals surface area contributed by atoms with Crippen molar-refractivity contribution >= 4 is 5.91 Å². The van der Waals surface area contributed by atoms with Gasteiger partial charge >= 0.3 is 0 Å². The molecule has 0 N–H and O–H groups in total. The summed E-state index contributed by atoms with van der Waals surface area (Å²) in [6.07, 6.45) is 1.41. The third-order valence-corrected chi connectivity index (χ3v) is 4.58. The molecule has 3 heterocycles. The van der Waals surface area contributed by atoms with Gasteiger partial charge in [-0.15, -0.1) is 10.2 Å². The molecule has 2 saturated heterocycles. The van der Waals surface area contributed by atoms with Crippen molar-refractivity contribution in [3.05, 3.63) is 48.2 Å². The van der Waals surface area contributed by atoms with Crippen molar-refractivity contribution in [2.75, 3.05) is 26.3 Å². The number of carbonyl (C=O) groups excluding carboxylic acids is 1. The highest BCUT2D eigenvalue weighted by molar-refractivity contribution is 5.92. The van der Waals surface area contributed by atoms with Gasteiger partial charge in [0.05, 0.1) is 18.9 Å². The number of ether oxygens (including phenoxy) is 2. The van der Waals surface area contributed by atoms with Crippen molar-refractivity contribution in [2.24, 2.45) is 0 Å². The molecule has 124 valence electrons. The summed E-state index contributed by atoms with van der Waals surface area (Å²) in [4.78, 5) is 14.4. The number of benzene rings is 1. The summed E-state index contributed by atoms with van der Waals surface area (Å²) in [6, 6.07) is 13.4. The maximum atomic E-state index is 12.6. The number of aromatic nitrogens is 2. The molecule has 0 unspecified atom stereocenters. The van der Waals surface area contributed by atoms with Gasteiger partial charge in [0.25, 0.3) is 5.91 Å². The van der Waals surface area contributed by atoms with Crippen molar-refractivity contribution in [1.29, 1.82) is 0 Å². The first kappa shape index (κ1) is 15.2. The van der Waals surface area contributed by atoms with Gasteiger partial charge in [0.2, 0.25) is 0 Å². The molecule has 6 heteroatoms. The maximum absolute atomic E-state index is 12.6. The lowest BCUT2D eigenvalue weighted by Crippen LogP contribution is -2.47. The Labute approximate surface area is 140 Å². The Morgan fingerprint density at radius 3 is 2.29 bits per heavy atom. The third kappa shape index (κ3) is 2.90. The Bertz CT molecular complexity index is 702. The third-order valence-electron chi connectivity index (χ3n) is 4.58. The van der Waals surface area contributed by atoms with Crippen LogP contribution < -0.4 is 0 Å². The Hall–Kier alpha value is -2.31. The molecule has 24 heavy (non-hydrogen) atoms. The second-order valence-corrected chi connectivity index (χ2v) is 6.07. The average molecular weight is 325 g/mol. The van der Waals surface area contributed by atoms with Crippen LogP contribution >= 0.6 is 0 Å². The molecule has 0 aliphatic carbocycles. The fraction of sp³-hybridized carbons (Fsp3) is 0.389. The van der Waals surface area contributed by atoms with Crippen LogP contribution in [0, 0.1) is 0 Å². The second kappa shape index (κ2) is 6.30. The number of likely N-dealkylation sites (tertiary alicyclic amines) is 1. The lowest BCUT2D eigenvalue weighted by molar-refractivity contribution is -0.181. The largest absolute Gasteiger partial charge is 0.347 e. The van der Waals surface area contributed by atoms with E-state index >= 15 is 0 Å². The second-order valence-electron chi connectivity index (χ2n) is 6.07. The van der Waals surface area contributed by atoms with E-state index in [1.54, 1.807) is 11.0 Å². The van der Waals surface area contributed by atoms with E-state index in [2.05, 4.69) is 10.2 Å².